The first-order chi connectivity index (χ1) is 14.5. The fraction of sp³-hybridized carbons (Fsp3) is 0.0952. The molecule has 0 unspecified atom stereocenters. The summed E-state index contributed by atoms with van der Waals surface area (Å²) < 4.78 is 15.0. The number of fused-ring (bicyclic) bond motifs is 1. The number of halogens is 1. The van der Waals surface area contributed by atoms with E-state index in [-0.39, 0.29) is 11.6 Å². The lowest BCUT2D eigenvalue weighted by Gasteiger charge is -2.07. The van der Waals surface area contributed by atoms with Crippen LogP contribution in [0, 0.1) is 5.82 Å². The molecule has 0 radical (unpaired) electrons. The maximum atomic E-state index is 13.6. The van der Waals surface area contributed by atoms with Crippen molar-refractivity contribution < 1.29 is 9.18 Å². The van der Waals surface area contributed by atoms with Gasteiger partial charge in [-0.1, -0.05) is 23.4 Å². The lowest BCUT2D eigenvalue weighted by molar-refractivity contribution is 0.104. The molecule has 9 heteroatoms. The molecule has 0 bridgehead atoms. The van der Waals surface area contributed by atoms with Gasteiger partial charge in [0.15, 0.2) is 16.9 Å². The minimum atomic E-state index is -0.381. The lowest BCUT2D eigenvalue weighted by Crippen LogP contribution is -2.04. The Hall–Kier alpha value is -4.14. The minimum absolute atomic E-state index is 0.114. The molecule has 0 fully saturated rings. The number of rotatable bonds is 6. The monoisotopic (exact) mass is 403 g/mol. The lowest BCUT2D eigenvalue weighted by atomic mass is 10.1. The molecular formula is C21H18FN7O. The smallest absolute Gasteiger partial charge is 0.229 e. The van der Waals surface area contributed by atoms with E-state index < -0.39 is 0 Å². The maximum absolute atomic E-state index is 13.6. The second-order valence-electron chi connectivity index (χ2n) is 6.73. The van der Waals surface area contributed by atoms with Gasteiger partial charge in [-0.2, -0.15) is 9.67 Å². The molecule has 0 aliphatic carbocycles. The summed E-state index contributed by atoms with van der Waals surface area (Å²) in [6, 6.07) is 13.0. The zero-order chi connectivity index (χ0) is 21.1. The first-order valence-electron chi connectivity index (χ1n) is 9.10. The van der Waals surface area contributed by atoms with Gasteiger partial charge in [-0.25, -0.2) is 9.37 Å². The zero-order valence-corrected chi connectivity index (χ0v) is 16.3. The minimum Gasteiger partial charge on any atom is -0.383 e. The number of nitrogens with zero attached hydrogens (tertiary/aromatic N) is 6. The Morgan fingerprint density at radius 2 is 2.00 bits per heavy atom. The standard InChI is InChI=1S/C21H18FN7O/c1-28(2)10-9-19(30)14-5-3-7-16(11-14)24-21-23-13-18-20(25-21)29(27-26-18)17-8-4-6-15(22)12-17/h3-13H,1-2H3,(H,23,24,25)/b10-9+. The van der Waals surface area contributed by atoms with E-state index in [2.05, 4.69) is 25.6 Å². The third-order valence-corrected chi connectivity index (χ3v) is 4.17. The molecule has 2 aromatic carbocycles. The Morgan fingerprint density at radius 1 is 1.17 bits per heavy atom. The van der Waals surface area contributed by atoms with Crippen LogP contribution in [-0.4, -0.2) is 49.7 Å². The number of carbonyl (C=O) groups is 1. The first-order valence-corrected chi connectivity index (χ1v) is 9.10. The molecule has 0 atom stereocenters. The summed E-state index contributed by atoms with van der Waals surface area (Å²) in [5.74, 6) is -0.193. The fourth-order valence-corrected chi connectivity index (χ4v) is 2.76. The second-order valence-corrected chi connectivity index (χ2v) is 6.73. The Morgan fingerprint density at radius 3 is 2.80 bits per heavy atom. The van der Waals surface area contributed by atoms with Crippen LogP contribution in [0.2, 0.25) is 0 Å². The normalized spacial score (nSPS) is 11.2. The molecule has 4 aromatic rings. The molecule has 1 N–H and O–H groups in total. The molecule has 2 aromatic heterocycles. The number of carbonyl (C=O) groups excluding carboxylic acids is 1. The highest BCUT2D eigenvalue weighted by molar-refractivity contribution is 6.05. The summed E-state index contributed by atoms with van der Waals surface area (Å²) in [6.45, 7) is 0. The number of allylic oxidation sites excluding steroid dienone is 1. The van der Waals surface area contributed by atoms with E-state index in [4.69, 9.17) is 0 Å². The number of anilines is 2. The van der Waals surface area contributed by atoms with Crippen molar-refractivity contribution in [3.63, 3.8) is 0 Å². The van der Waals surface area contributed by atoms with E-state index in [1.165, 1.54) is 29.1 Å². The summed E-state index contributed by atoms with van der Waals surface area (Å²) in [5, 5.41) is 11.2. The Balaban J connectivity index is 1.63. The molecular weight excluding hydrogens is 385 g/mol. The van der Waals surface area contributed by atoms with Gasteiger partial charge in [0.1, 0.15) is 5.82 Å². The third-order valence-electron chi connectivity index (χ3n) is 4.17. The summed E-state index contributed by atoms with van der Waals surface area (Å²) in [6.07, 6.45) is 4.73. The largest absolute Gasteiger partial charge is 0.383 e. The van der Waals surface area contributed by atoms with Crippen LogP contribution in [0.3, 0.4) is 0 Å². The van der Waals surface area contributed by atoms with Crippen LogP contribution in [0.1, 0.15) is 10.4 Å². The summed E-state index contributed by atoms with van der Waals surface area (Å²) in [4.78, 5) is 22.8. The number of aromatic nitrogens is 5. The summed E-state index contributed by atoms with van der Waals surface area (Å²) in [7, 11) is 3.69. The van der Waals surface area contributed by atoms with Gasteiger partial charge < -0.3 is 10.2 Å². The molecule has 0 saturated heterocycles. The van der Waals surface area contributed by atoms with Crippen LogP contribution in [0.5, 0.6) is 0 Å². The van der Waals surface area contributed by atoms with Crippen molar-refractivity contribution in [3.8, 4) is 5.69 Å². The Kier molecular flexibility index (Phi) is 5.17. The van der Waals surface area contributed by atoms with E-state index in [0.717, 1.165) is 0 Å². The van der Waals surface area contributed by atoms with Gasteiger partial charge in [0, 0.05) is 37.6 Å². The Labute approximate surface area is 171 Å². The Bertz CT molecular complexity index is 1250. The van der Waals surface area contributed by atoms with Crippen molar-refractivity contribution in [1.29, 1.82) is 0 Å². The summed E-state index contributed by atoms with van der Waals surface area (Å²) >= 11 is 0. The highest BCUT2D eigenvalue weighted by Crippen LogP contribution is 2.19. The van der Waals surface area contributed by atoms with E-state index in [1.54, 1.807) is 41.4 Å². The fourth-order valence-electron chi connectivity index (χ4n) is 2.76. The summed E-state index contributed by atoms with van der Waals surface area (Å²) in [5.41, 5.74) is 2.60. The molecule has 2 heterocycles. The van der Waals surface area contributed by atoms with Crippen molar-refractivity contribution in [3.05, 3.63) is 78.4 Å². The van der Waals surface area contributed by atoms with Crippen molar-refractivity contribution >= 4 is 28.6 Å². The maximum Gasteiger partial charge on any atom is 0.229 e. The van der Waals surface area contributed by atoms with Gasteiger partial charge in [0.05, 0.1) is 11.9 Å². The van der Waals surface area contributed by atoms with E-state index >= 15 is 0 Å². The van der Waals surface area contributed by atoms with Crippen LogP contribution in [0.4, 0.5) is 16.0 Å². The van der Waals surface area contributed by atoms with Gasteiger partial charge in [-0.05, 0) is 30.3 Å². The number of hydrogen-bond donors (Lipinski definition) is 1. The van der Waals surface area contributed by atoms with Crippen molar-refractivity contribution in [2.24, 2.45) is 0 Å². The molecule has 8 nitrogen and oxygen atoms in total. The van der Waals surface area contributed by atoms with Crippen LogP contribution in [-0.2, 0) is 0 Å². The molecule has 150 valence electrons. The average molecular weight is 403 g/mol. The zero-order valence-electron chi connectivity index (χ0n) is 16.3. The van der Waals surface area contributed by atoms with Crippen LogP contribution < -0.4 is 5.32 Å². The van der Waals surface area contributed by atoms with E-state index in [9.17, 15) is 9.18 Å². The number of hydrogen-bond acceptors (Lipinski definition) is 7. The van der Waals surface area contributed by atoms with Gasteiger partial charge in [-0.3, -0.25) is 4.79 Å². The van der Waals surface area contributed by atoms with Crippen LogP contribution in [0.25, 0.3) is 16.9 Å². The molecule has 0 aliphatic rings. The predicted octanol–water partition coefficient (Wildman–Crippen LogP) is 3.35. The van der Waals surface area contributed by atoms with Gasteiger partial charge in [-0.15, -0.1) is 5.10 Å². The quantitative estimate of drug-likeness (QED) is 0.390. The van der Waals surface area contributed by atoms with E-state index in [1.807, 2.05) is 20.2 Å². The van der Waals surface area contributed by atoms with Gasteiger partial charge in [0.2, 0.25) is 5.95 Å². The van der Waals surface area contributed by atoms with Gasteiger partial charge >= 0.3 is 0 Å². The third kappa shape index (κ3) is 4.14. The molecule has 30 heavy (non-hydrogen) atoms. The highest BCUT2D eigenvalue weighted by atomic mass is 19.1. The van der Waals surface area contributed by atoms with Gasteiger partial charge in [0.25, 0.3) is 0 Å². The highest BCUT2D eigenvalue weighted by Gasteiger charge is 2.11. The van der Waals surface area contributed by atoms with E-state index in [0.29, 0.717) is 34.1 Å². The molecule has 4 rings (SSSR count). The number of benzene rings is 2. The van der Waals surface area contributed by atoms with Crippen LogP contribution in [0.15, 0.2) is 67.0 Å². The second kappa shape index (κ2) is 8.08. The predicted molar refractivity (Wildman–Crippen MR) is 111 cm³/mol. The molecule has 0 saturated carbocycles. The van der Waals surface area contributed by atoms with Crippen molar-refractivity contribution in [1.82, 2.24) is 29.9 Å². The van der Waals surface area contributed by atoms with Crippen molar-refractivity contribution in [2.45, 2.75) is 0 Å². The topological polar surface area (TPSA) is 88.8 Å². The van der Waals surface area contributed by atoms with Crippen LogP contribution >= 0.6 is 0 Å². The molecule has 0 aliphatic heterocycles. The average Bonchev–Trinajstić information content (AvgIpc) is 3.15. The first kappa shape index (κ1) is 19.2. The SMILES string of the molecule is CN(C)/C=C/C(=O)c1cccc(Nc2ncc3nnn(-c4cccc(F)c4)c3n2)c1. The number of ketones is 1. The molecule has 0 spiro atoms. The van der Waals surface area contributed by atoms with Crippen molar-refractivity contribution in [2.75, 3.05) is 19.4 Å². The number of nitrogens with one attached hydrogen (secondary N) is 1. The molecule has 0 amide bonds.